The first kappa shape index (κ1) is 16.5. The molecule has 25 heavy (non-hydrogen) atoms. The van der Waals surface area contributed by atoms with E-state index in [2.05, 4.69) is 11.2 Å². The van der Waals surface area contributed by atoms with E-state index >= 15 is 0 Å². The van der Waals surface area contributed by atoms with Gasteiger partial charge in [0.1, 0.15) is 0 Å². The molecule has 5 nitrogen and oxygen atoms in total. The normalized spacial score (nSPS) is 10.4. The summed E-state index contributed by atoms with van der Waals surface area (Å²) in [6.07, 6.45) is 0. The Balaban J connectivity index is 1.91. The van der Waals surface area contributed by atoms with E-state index < -0.39 is 5.97 Å². The predicted molar refractivity (Wildman–Crippen MR) is 94.4 cm³/mol. The van der Waals surface area contributed by atoms with E-state index in [4.69, 9.17) is 10.4 Å². The SMILES string of the molecule is Cc1nn(Cc2ccc(C(=O)O)cc2)c(C)c1-c1ccc(C#N)cc1. The molecule has 0 radical (unpaired) electrons. The zero-order valence-electron chi connectivity index (χ0n) is 14.0. The van der Waals surface area contributed by atoms with Gasteiger partial charge >= 0.3 is 5.97 Å². The number of carboxylic acids is 1. The van der Waals surface area contributed by atoms with Gasteiger partial charge in [-0.05, 0) is 49.2 Å². The maximum Gasteiger partial charge on any atom is 0.335 e. The van der Waals surface area contributed by atoms with Gasteiger partial charge in [-0.25, -0.2) is 4.79 Å². The van der Waals surface area contributed by atoms with Crippen molar-refractivity contribution in [2.45, 2.75) is 20.4 Å². The molecule has 3 rings (SSSR count). The first-order valence-electron chi connectivity index (χ1n) is 7.86. The summed E-state index contributed by atoms with van der Waals surface area (Å²) in [5.41, 5.74) is 5.93. The van der Waals surface area contributed by atoms with E-state index in [0.717, 1.165) is 28.1 Å². The molecule has 0 aliphatic heterocycles. The minimum atomic E-state index is -0.930. The van der Waals surface area contributed by atoms with Gasteiger partial charge in [-0.15, -0.1) is 0 Å². The van der Waals surface area contributed by atoms with Crippen LogP contribution in [-0.4, -0.2) is 20.9 Å². The Hall–Kier alpha value is -3.39. The van der Waals surface area contributed by atoms with Crippen LogP contribution < -0.4 is 0 Å². The minimum Gasteiger partial charge on any atom is -0.478 e. The van der Waals surface area contributed by atoms with Gasteiger partial charge in [-0.2, -0.15) is 10.4 Å². The molecule has 0 spiro atoms. The summed E-state index contributed by atoms with van der Waals surface area (Å²) < 4.78 is 1.92. The highest BCUT2D eigenvalue weighted by atomic mass is 16.4. The first-order chi connectivity index (χ1) is 12.0. The average molecular weight is 331 g/mol. The fraction of sp³-hybridized carbons (Fsp3) is 0.150. The van der Waals surface area contributed by atoms with Crippen molar-refractivity contribution < 1.29 is 9.90 Å². The van der Waals surface area contributed by atoms with Crippen molar-refractivity contribution in [3.8, 4) is 17.2 Å². The molecule has 1 heterocycles. The molecule has 0 aliphatic rings. The molecule has 0 unspecified atom stereocenters. The molecule has 0 bridgehead atoms. The van der Waals surface area contributed by atoms with Crippen LogP contribution in [-0.2, 0) is 6.54 Å². The van der Waals surface area contributed by atoms with E-state index in [1.807, 2.05) is 30.7 Å². The predicted octanol–water partition coefficient (Wildman–Crippen LogP) is 3.79. The maximum absolute atomic E-state index is 10.9. The summed E-state index contributed by atoms with van der Waals surface area (Å²) in [6, 6.07) is 16.4. The lowest BCUT2D eigenvalue weighted by Crippen LogP contribution is -2.05. The number of aromatic carboxylic acids is 1. The topological polar surface area (TPSA) is 78.9 Å². The number of aryl methyl sites for hydroxylation is 1. The average Bonchev–Trinajstić information content (AvgIpc) is 2.89. The van der Waals surface area contributed by atoms with E-state index in [-0.39, 0.29) is 5.56 Å². The monoisotopic (exact) mass is 331 g/mol. The fourth-order valence-corrected chi connectivity index (χ4v) is 2.91. The van der Waals surface area contributed by atoms with Crippen molar-refractivity contribution in [3.05, 3.63) is 76.6 Å². The standard InChI is InChI=1S/C20H17N3O2/c1-13-19(17-7-3-15(11-21)4-8-17)14(2)23(22-13)12-16-5-9-18(10-6-16)20(24)25/h3-10H,12H2,1-2H3,(H,24,25). The van der Waals surface area contributed by atoms with Crippen LogP contribution in [0.4, 0.5) is 0 Å². The molecule has 0 amide bonds. The molecular weight excluding hydrogens is 314 g/mol. The van der Waals surface area contributed by atoms with Gasteiger partial charge in [-0.3, -0.25) is 4.68 Å². The number of rotatable bonds is 4. The molecule has 5 heteroatoms. The minimum absolute atomic E-state index is 0.274. The Morgan fingerprint density at radius 3 is 2.32 bits per heavy atom. The molecule has 0 fully saturated rings. The Kier molecular flexibility index (Phi) is 4.36. The second-order valence-electron chi connectivity index (χ2n) is 5.89. The molecule has 0 aliphatic carbocycles. The molecule has 3 aromatic rings. The lowest BCUT2D eigenvalue weighted by atomic mass is 10.0. The van der Waals surface area contributed by atoms with Crippen molar-refractivity contribution in [3.63, 3.8) is 0 Å². The number of benzene rings is 2. The summed E-state index contributed by atoms with van der Waals surface area (Å²) in [5.74, 6) is -0.930. The molecule has 0 atom stereocenters. The van der Waals surface area contributed by atoms with Crippen molar-refractivity contribution in [2.75, 3.05) is 0 Å². The van der Waals surface area contributed by atoms with Crippen LogP contribution in [0.2, 0.25) is 0 Å². The molecule has 124 valence electrons. The van der Waals surface area contributed by atoms with Gasteiger partial charge in [0.15, 0.2) is 0 Å². The summed E-state index contributed by atoms with van der Waals surface area (Å²) in [5, 5.41) is 22.5. The first-order valence-corrected chi connectivity index (χ1v) is 7.86. The molecule has 1 N–H and O–H groups in total. The highest BCUT2D eigenvalue weighted by molar-refractivity contribution is 5.87. The maximum atomic E-state index is 10.9. The van der Waals surface area contributed by atoms with Crippen LogP contribution in [0.5, 0.6) is 0 Å². The number of carboxylic acid groups (broad SMARTS) is 1. The zero-order valence-corrected chi connectivity index (χ0v) is 14.0. The van der Waals surface area contributed by atoms with Crippen LogP contribution >= 0.6 is 0 Å². The van der Waals surface area contributed by atoms with E-state index in [1.165, 1.54) is 0 Å². The Bertz CT molecular complexity index is 962. The Morgan fingerprint density at radius 2 is 1.76 bits per heavy atom. The molecule has 0 saturated heterocycles. The van der Waals surface area contributed by atoms with Crippen LogP contribution in [0.15, 0.2) is 48.5 Å². The number of aromatic nitrogens is 2. The van der Waals surface area contributed by atoms with Crippen LogP contribution in [0, 0.1) is 25.2 Å². The Labute approximate surface area is 145 Å². The van der Waals surface area contributed by atoms with Crippen LogP contribution in [0.1, 0.15) is 32.9 Å². The third kappa shape index (κ3) is 3.29. The van der Waals surface area contributed by atoms with Gasteiger partial charge in [-0.1, -0.05) is 24.3 Å². The number of carbonyl (C=O) groups is 1. The van der Waals surface area contributed by atoms with E-state index in [1.54, 1.807) is 36.4 Å². The number of nitriles is 1. The second kappa shape index (κ2) is 6.62. The highest BCUT2D eigenvalue weighted by Gasteiger charge is 2.14. The van der Waals surface area contributed by atoms with Crippen LogP contribution in [0.25, 0.3) is 11.1 Å². The third-order valence-corrected chi connectivity index (χ3v) is 4.22. The molecule has 2 aromatic carbocycles. The van der Waals surface area contributed by atoms with E-state index in [9.17, 15) is 4.79 Å². The molecule has 0 saturated carbocycles. The third-order valence-electron chi connectivity index (χ3n) is 4.22. The summed E-state index contributed by atoms with van der Waals surface area (Å²) >= 11 is 0. The number of hydrogen-bond acceptors (Lipinski definition) is 3. The smallest absolute Gasteiger partial charge is 0.335 e. The van der Waals surface area contributed by atoms with Crippen LogP contribution in [0.3, 0.4) is 0 Å². The van der Waals surface area contributed by atoms with Crippen molar-refractivity contribution in [1.82, 2.24) is 9.78 Å². The molecule has 1 aromatic heterocycles. The van der Waals surface area contributed by atoms with Gasteiger partial charge in [0.25, 0.3) is 0 Å². The lowest BCUT2D eigenvalue weighted by Gasteiger charge is -2.07. The largest absolute Gasteiger partial charge is 0.478 e. The second-order valence-corrected chi connectivity index (χ2v) is 5.89. The van der Waals surface area contributed by atoms with Gasteiger partial charge in [0.2, 0.25) is 0 Å². The Morgan fingerprint density at radius 1 is 1.12 bits per heavy atom. The fourth-order valence-electron chi connectivity index (χ4n) is 2.91. The van der Waals surface area contributed by atoms with Crippen molar-refractivity contribution >= 4 is 5.97 Å². The highest BCUT2D eigenvalue weighted by Crippen LogP contribution is 2.27. The quantitative estimate of drug-likeness (QED) is 0.789. The number of hydrogen-bond donors (Lipinski definition) is 1. The summed E-state index contributed by atoms with van der Waals surface area (Å²) in [7, 11) is 0. The lowest BCUT2D eigenvalue weighted by molar-refractivity contribution is 0.0697. The van der Waals surface area contributed by atoms with Crippen molar-refractivity contribution in [2.24, 2.45) is 0 Å². The zero-order chi connectivity index (χ0) is 18.0. The summed E-state index contributed by atoms with van der Waals surface area (Å²) in [6.45, 7) is 4.55. The molecular formula is C20H17N3O2. The van der Waals surface area contributed by atoms with Gasteiger partial charge in [0, 0.05) is 11.3 Å². The summed E-state index contributed by atoms with van der Waals surface area (Å²) in [4.78, 5) is 10.9. The van der Waals surface area contributed by atoms with E-state index in [0.29, 0.717) is 12.1 Å². The van der Waals surface area contributed by atoms with Crippen molar-refractivity contribution in [1.29, 1.82) is 5.26 Å². The number of nitrogens with zero attached hydrogens (tertiary/aromatic N) is 3. The van der Waals surface area contributed by atoms with Gasteiger partial charge < -0.3 is 5.11 Å². The van der Waals surface area contributed by atoms with Gasteiger partial charge in [0.05, 0.1) is 29.4 Å².